The smallest absolute Gasteiger partial charge is 0.437 e. The van der Waals surface area contributed by atoms with Gasteiger partial charge in [-0.05, 0) is 78.0 Å². The fourth-order valence-corrected chi connectivity index (χ4v) is 8.92. The summed E-state index contributed by atoms with van der Waals surface area (Å²) in [7, 11) is -2.81. The van der Waals surface area contributed by atoms with Crippen LogP contribution in [0.2, 0.25) is 0 Å². The second kappa shape index (κ2) is 14.8. The number of amides is 4. The van der Waals surface area contributed by atoms with Gasteiger partial charge in [0.25, 0.3) is 5.91 Å². The number of alkyl carbamates (subject to hydrolysis) is 1. The highest BCUT2D eigenvalue weighted by molar-refractivity contribution is 7.91. The van der Waals surface area contributed by atoms with E-state index in [0.29, 0.717) is 44.3 Å². The first kappa shape index (κ1) is 41.9. The monoisotopic (exact) mass is 845 g/mol. The Bertz CT molecular complexity index is 2300. The van der Waals surface area contributed by atoms with E-state index < -0.39 is 111 Å². The molecule has 4 amide bonds. The average Bonchev–Trinajstić information content (AvgIpc) is 3.81. The number of nitrogens with one attached hydrogen (secondary N) is 3. The van der Waals surface area contributed by atoms with Crippen molar-refractivity contribution in [2.24, 2.45) is 5.92 Å². The molecular weight excluding hydrogens is 800 g/mol. The summed E-state index contributed by atoms with van der Waals surface area (Å²) in [4.78, 5) is 61.4. The summed E-state index contributed by atoms with van der Waals surface area (Å²) in [5.41, 5.74) is -6.25. The SMILES string of the molecule is COc1ccc2nc(C(F)(F)F)c3c(c2c1)OC[C@]1(C[C@H]2C(=O)N[C@]4(C(=O)NS(=O)(=O)C5(C)CC5)C#C[C@H]4/C=C\CCCCC[C@H](NC(=O)OC(C)(C)C)C(=O)N2C1)O3. The number of carbonyl (C=O) groups is 4. The summed E-state index contributed by atoms with van der Waals surface area (Å²) in [5.74, 6) is 0.995. The van der Waals surface area contributed by atoms with E-state index in [9.17, 15) is 40.8 Å². The van der Waals surface area contributed by atoms with Crippen molar-refractivity contribution in [3.05, 3.63) is 36.0 Å². The quantitative estimate of drug-likeness (QED) is 0.288. The molecule has 1 saturated carbocycles. The third kappa shape index (κ3) is 8.07. The minimum Gasteiger partial charge on any atom is -0.497 e. The van der Waals surface area contributed by atoms with E-state index in [1.807, 2.05) is 0 Å². The van der Waals surface area contributed by atoms with Gasteiger partial charge in [-0.25, -0.2) is 22.9 Å². The Morgan fingerprint density at radius 2 is 1.85 bits per heavy atom. The maximum Gasteiger partial charge on any atom is 0.437 e. The number of ether oxygens (including phenoxy) is 4. The summed E-state index contributed by atoms with van der Waals surface area (Å²) >= 11 is 0. The number of aromatic nitrogens is 1. The number of halogens is 3. The molecule has 2 fully saturated rings. The number of nitrogens with zero attached hydrogens (tertiary/aromatic N) is 2. The van der Waals surface area contributed by atoms with Gasteiger partial charge in [0.1, 0.15) is 30.0 Å². The number of alkyl halides is 3. The number of hydrogen-bond acceptors (Lipinski definition) is 11. The molecule has 1 spiro atoms. The number of pyridine rings is 1. The van der Waals surface area contributed by atoms with Crippen molar-refractivity contribution in [2.75, 3.05) is 20.3 Å². The predicted octanol–water partition coefficient (Wildman–Crippen LogP) is 4.27. The lowest BCUT2D eigenvalue weighted by Crippen LogP contribution is -2.68. The Morgan fingerprint density at radius 1 is 1.10 bits per heavy atom. The van der Waals surface area contributed by atoms with Crippen molar-refractivity contribution in [3.63, 3.8) is 0 Å². The molecule has 0 unspecified atom stereocenters. The maximum absolute atomic E-state index is 14.7. The molecule has 1 saturated heterocycles. The number of methoxy groups -OCH3 is 1. The van der Waals surface area contributed by atoms with Crippen LogP contribution in [-0.2, 0) is 35.3 Å². The van der Waals surface area contributed by atoms with Gasteiger partial charge in [0.2, 0.25) is 21.8 Å². The number of rotatable bonds is 5. The number of hydrogen-bond donors (Lipinski definition) is 3. The van der Waals surface area contributed by atoms with Crippen LogP contribution in [0.1, 0.15) is 84.8 Å². The van der Waals surface area contributed by atoms with Gasteiger partial charge in [-0.15, -0.1) is 0 Å². The summed E-state index contributed by atoms with van der Waals surface area (Å²) in [5, 5.41) is 5.42. The summed E-state index contributed by atoms with van der Waals surface area (Å²) in [6, 6.07) is 1.44. The Kier molecular flexibility index (Phi) is 10.5. The van der Waals surface area contributed by atoms with Gasteiger partial charge in [-0.2, -0.15) is 13.2 Å². The summed E-state index contributed by atoms with van der Waals surface area (Å²) in [6.07, 6.45) is 0.00143. The number of benzene rings is 1. The zero-order chi connectivity index (χ0) is 42.8. The van der Waals surface area contributed by atoms with Crippen LogP contribution in [0.5, 0.6) is 17.2 Å². The Hall–Kier alpha value is -5.25. The first-order chi connectivity index (χ1) is 27.6. The van der Waals surface area contributed by atoms with Crippen LogP contribution in [0.4, 0.5) is 18.0 Å². The van der Waals surface area contributed by atoms with E-state index in [-0.39, 0.29) is 23.1 Å². The Balaban J connectivity index is 1.29. The average molecular weight is 846 g/mol. The summed E-state index contributed by atoms with van der Waals surface area (Å²) in [6.45, 7) is 5.49. The minimum atomic E-state index is -5.03. The highest BCUT2D eigenvalue weighted by Crippen LogP contribution is 2.50. The maximum atomic E-state index is 14.7. The highest BCUT2D eigenvalue weighted by Gasteiger charge is 2.59. The molecule has 0 bridgehead atoms. The molecule has 7 rings (SSSR count). The molecule has 1 aromatic carbocycles. The first-order valence-electron chi connectivity index (χ1n) is 19.4. The third-order valence-electron chi connectivity index (χ3n) is 11.2. The molecule has 318 valence electrons. The molecule has 3 N–H and O–H groups in total. The van der Waals surface area contributed by atoms with Crippen LogP contribution in [0, 0.1) is 17.8 Å². The molecule has 19 heteroatoms. The normalized spacial score (nSPS) is 28.3. The molecule has 59 heavy (non-hydrogen) atoms. The fraction of sp³-hybridized carbons (Fsp3) is 0.575. The summed E-state index contributed by atoms with van der Waals surface area (Å²) < 4.78 is 94.6. The zero-order valence-corrected chi connectivity index (χ0v) is 34.0. The third-order valence-corrected chi connectivity index (χ3v) is 13.4. The highest BCUT2D eigenvalue weighted by atomic mass is 32.2. The van der Waals surface area contributed by atoms with Crippen molar-refractivity contribution in [1.82, 2.24) is 25.2 Å². The van der Waals surface area contributed by atoms with E-state index in [1.165, 1.54) is 32.2 Å². The number of sulfonamides is 1. The lowest BCUT2D eigenvalue weighted by atomic mass is 9.75. The molecule has 0 radical (unpaired) electrons. The second-order valence-electron chi connectivity index (χ2n) is 17.0. The van der Waals surface area contributed by atoms with E-state index in [1.54, 1.807) is 32.9 Å². The molecule has 5 atom stereocenters. The topological polar surface area (TPSA) is 192 Å². The van der Waals surface area contributed by atoms with Crippen molar-refractivity contribution in [2.45, 2.75) is 119 Å². The minimum absolute atomic E-state index is 0.0485. The van der Waals surface area contributed by atoms with Crippen LogP contribution in [-0.4, -0.2) is 95.9 Å². The van der Waals surface area contributed by atoms with Crippen molar-refractivity contribution < 1.29 is 59.7 Å². The Morgan fingerprint density at radius 3 is 2.49 bits per heavy atom. The van der Waals surface area contributed by atoms with Crippen molar-refractivity contribution in [1.29, 1.82) is 0 Å². The molecule has 3 aliphatic heterocycles. The standard InChI is InChI=1S/C40H46F3N5O10S/c1-36(2,3)58-35(52)45-27-12-10-8-6-7-9-11-23-15-16-39(23,34(51)47-59(53,54)37(4)17-18-37)46-32(49)28-20-38(21-48(28)33(27)50)22-56-29-25-19-24(55-5)13-14-26(25)44-31(30(29)57-38)40(41,42)43/h9,11,13-14,19,23,27-28H,6-8,10,12,17-18,20-22H2,1-5H3,(H,45,52)(H,46,49)(H,47,51)/b11-9-/t23-,27+,28+,38-,39-/m1/s1. The van der Waals surface area contributed by atoms with Crippen LogP contribution < -0.4 is 29.6 Å². The lowest BCUT2D eigenvalue weighted by molar-refractivity contribution is -0.145. The van der Waals surface area contributed by atoms with Crippen LogP contribution in [0.25, 0.3) is 10.9 Å². The molecule has 2 aliphatic carbocycles. The Labute approximate surface area is 339 Å². The number of carbonyl (C=O) groups excluding carboxylic acids is 4. The molecule has 5 aliphatic rings. The zero-order valence-electron chi connectivity index (χ0n) is 33.2. The predicted molar refractivity (Wildman–Crippen MR) is 204 cm³/mol. The van der Waals surface area contributed by atoms with Gasteiger partial charge in [-0.1, -0.05) is 36.8 Å². The van der Waals surface area contributed by atoms with Crippen LogP contribution >= 0.6 is 0 Å². The van der Waals surface area contributed by atoms with E-state index >= 15 is 0 Å². The number of allylic oxidation sites excluding steroid dienone is 1. The van der Waals surface area contributed by atoms with Gasteiger partial charge in [0, 0.05) is 11.8 Å². The largest absolute Gasteiger partial charge is 0.497 e. The first-order valence-corrected chi connectivity index (χ1v) is 20.9. The van der Waals surface area contributed by atoms with Gasteiger partial charge < -0.3 is 34.5 Å². The molecule has 4 heterocycles. The van der Waals surface area contributed by atoms with E-state index in [2.05, 4.69) is 32.2 Å². The van der Waals surface area contributed by atoms with Crippen LogP contribution in [0.15, 0.2) is 30.4 Å². The molecule has 1 aromatic heterocycles. The van der Waals surface area contributed by atoms with Crippen LogP contribution in [0.3, 0.4) is 0 Å². The molecule has 15 nitrogen and oxygen atoms in total. The van der Waals surface area contributed by atoms with E-state index in [0.717, 1.165) is 4.90 Å². The van der Waals surface area contributed by atoms with E-state index in [4.69, 9.17) is 18.9 Å². The molecule has 2 aromatic rings. The van der Waals surface area contributed by atoms with Gasteiger partial charge in [0.05, 0.1) is 29.8 Å². The van der Waals surface area contributed by atoms with Crippen molar-refractivity contribution in [3.8, 4) is 29.1 Å². The van der Waals surface area contributed by atoms with Gasteiger partial charge in [0.15, 0.2) is 28.3 Å². The number of fused-ring (bicyclic) bond motifs is 5. The molecular formula is C40H46F3N5O10S. The van der Waals surface area contributed by atoms with Crippen molar-refractivity contribution >= 4 is 44.7 Å². The van der Waals surface area contributed by atoms with Gasteiger partial charge in [-0.3, -0.25) is 14.4 Å². The second-order valence-corrected chi connectivity index (χ2v) is 19.1. The fourth-order valence-electron chi connectivity index (χ4n) is 7.63. The van der Waals surface area contributed by atoms with Gasteiger partial charge >= 0.3 is 12.3 Å². The lowest BCUT2D eigenvalue weighted by Gasteiger charge is -2.38.